The highest BCUT2D eigenvalue weighted by atomic mass is 32.2. The van der Waals surface area contributed by atoms with Crippen molar-refractivity contribution in [3.8, 4) is 12.1 Å². The Kier molecular flexibility index (Phi) is 9.19. The second-order valence-corrected chi connectivity index (χ2v) is 13.5. The molecule has 0 fully saturated rings. The van der Waals surface area contributed by atoms with Gasteiger partial charge in [-0.15, -0.1) is 0 Å². The van der Waals surface area contributed by atoms with Crippen molar-refractivity contribution in [1.29, 1.82) is 0 Å². The zero-order chi connectivity index (χ0) is 32.4. The summed E-state index contributed by atoms with van der Waals surface area (Å²) in [6.45, 7) is 2.46. The van der Waals surface area contributed by atoms with E-state index < -0.39 is 37.4 Å². The number of sulfone groups is 1. The van der Waals surface area contributed by atoms with E-state index in [0.717, 1.165) is 24.1 Å². The average molecular weight is 650 g/mol. The number of hydrogen-bond acceptors (Lipinski definition) is 8. The molecule has 1 aliphatic heterocycles. The minimum Gasteiger partial charge on any atom is -0.748 e. The van der Waals surface area contributed by atoms with Gasteiger partial charge in [0.1, 0.15) is 5.82 Å². The van der Waals surface area contributed by atoms with Gasteiger partial charge in [0, 0.05) is 42.8 Å². The summed E-state index contributed by atoms with van der Waals surface area (Å²) in [5, 5.41) is 0. The van der Waals surface area contributed by atoms with E-state index in [0.29, 0.717) is 29.4 Å². The third-order valence-electron chi connectivity index (χ3n) is 6.97. The van der Waals surface area contributed by atoms with Crippen molar-refractivity contribution in [2.24, 2.45) is 12.8 Å². The fraction of sp³-hybridized carbons (Fsp3) is 0.276. The summed E-state index contributed by atoms with van der Waals surface area (Å²) in [4.78, 5) is 3.65. The number of rotatable bonds is 9. The maximum atomic E-state index is 13.5. The van der Waals surface area contributed by atoms with Crippen LogP contribution in [0, 0.1) is 12.1 Å². The maximum Gasteiger partial charge on any atom is 0.416 e. The average Bonchev–Trinajstić information content (AvgIpc) is 3.37. The smallest absolute Gasteiger partial charge is 0.416 e. The van der Waals surface area contributed by atoms with Crippen molar-refractivity contribution in [2.75, 3.05) is 28.4 Å². The molecule has 0 atom stereocenters. The lowest BCUT2D eigenvalue weighted by Gasteiger charge is -2.19. The standard InChI is InChI=1S/C29H30F3N5O5S2/c1-4-35-24-14-12-22(43(3,38)39)20-26(24)37(17-15-33)28(35)10-7-5-6-9-27-34(2)23-13-11-21(29(30,31)32)19-25(23)36(27)16-8-18-44(40,41)42/h5-7,9-14,19-20H,4,8,16,18,33H2,1-3H3. The first-order valence-electron chi connectivity index (χ1n) is 13.3. The Balaban J connectivity index is 1.70. The van der Waals surface area contributed by atoms with Crippen LogP contribution in [0.2, 0.25) is 0 Å². The molecule has 234 valence electrons. The highest BCUT2D eigenvalue weighted by Gasteiger charge is 2.33. The molecule has 44 heavy (non-hydrogen) atoms. The zero-order valence-corrected chi connectivity index (χ0v) is 25.7. The molecule has 10 nitrogen and oxygen atoms in total. The predicted molar refractivity (Wildman–Crippen MR) is 161 cm³/mol. The van der Waals surface area contributed by atoms with E-state index in [1.54, 1.807) is 57.5 Å². The Bertz CT molecular complexity index is 1970. The molecular weight excluding hydrogens is 619 g/mol. The molecule has 0 aliphatic carbocycles. The Labute approximate surface area is 253 Å². The van der Waals surface area contributed by atoms with Crippen LogP contribution in [-0.2, 0) is 39.7 Å². The van der Waals surface area contributed by atoms with E-state index in [2.05, 4.69) is 12.1 Å². The fourth-order valence-electron chi connectivity index (χ4n) is 5.00. The normalized spacial score (nSPS) is 15.1. The number of halogens is 3. The lowest BCUT2D eigenvalue weighted by Crippen LogP contribution is -2.31. The van der Waals surface area contributed by atoms with Gasteiger partial charge in [-0.3, -0.25) is 4.90 Å². The number of fused-ring (bicyclic) bond motifs is 2. The molecule has 2 heterocycles. The summed E-state index contributed by atoms with van der Waals surface area (Å²) in [6.07, 6.45) is 4.93. The summed E-state index contributed by atoms with van der Waals surface area (Å²) in [7, 11) is -6.30. The van der Waals surface area contributed by atoms with E-state index in [4.69, 9.17) is 5.73 Å². The largest absolute Gasteiger partial charge is 0.748 e. The van der Waals surface area contributed by atoms with Crippen LogP contribution in [-0.4, -0.2) is 44.5 Å². The summed E-state index contributed by atoms with van der Waals surface area (Å²) >= 11 is 0. The number of anilines is 2. The van der Waals surface area contributed by atoms with Crippen LogP contribution in [0.5, 0.6) is 0 Å². The minimum absolute atomic E-state index is 0.000532. The third-order valence-corrected chi connectivity index (χ3v) is 8.87. The molecule has 2 aromatic carbocycles. The number of alkyl halides is 3. The maximum absolute atomic E-state index is 13.5. The number of aryl methyl sites for hydroxylation is 2. The molecule has 0 spiro atoms. The summed E-state index contributed by atoms with van der Waals surface area (Å²) in [5.41, 5.74) is 6.69. The Morgan fingerprint density at radius 1 is 1.05 bits per heavy atom. The fourth-order valence-corrected chi connectivity index (χ4v) is 6.12. The third kappa shape index (κ3) is 6.93. The monoisotopic (exact) mass is 649 g/mol. The van der Waals surface area contributed by atoms with Crippen LogP contribution in [0.25, 0.3) is 17.1 Å². The number of nitrogens with zero attached hydrogens (tertiary/aromatic N) is 4. The van der Waals surface area contributed by atoms with E-state index >= 15 is 0 Å². The van der Waals surface area contributed by atoms with Gasteiger partial charge >= 0.3 is 6.18 Å². The van der Waals surface area contributed by atoms with E-state index in [-0.39, 0.29) is 23.4 Å². The highest BCUT2D eigenvalue weighted by Crippen LogP contribution is 2.42. The van der Waals surface area contributed by atoms with Crippen molar-refractivity contribution in [2.45, 2.75) is 31.0 Å². The molecule has 0 bridgehead atoms. The lowest BCUT2D eigenvalue weighted by molar-refractivity contribution is -0.647. The van der Waals surface area contributed by atoms with E-state index in [1.807, 2.05) is 11.8 Å². The molecule has 0 unspecified atom stereocenters. The molecular formula is C29H30F3N5O5S2. The number of benzene rings is 2. The summed E-state index contributed by atoms with van der Waals surface area (Å²) in [5.74, 6) is 0.442. The summed E-state index contributed by atoms with van der Waals surface area (Å²) < 4.78 is 101. The van der Waals surface area contributed by atoms with Gasteiger partial charge in [0.25, 0.3) is 5.82 Å². The van der Waals surface area contributed by atoms with Gasteiger partial charge in [0.15, 0.2) is 20.9 Å². The first kappa shape index (κ1) is 32.6. The molecule has 0 radical (unpaired) electrons. The minimum atomic E-state index is -4.58. The molecule has 4 rings (SSSR count). The lowest BCUT2D eigenvalue weighted by atomic mass is 10.2. The molecule has 0 amide bonds. The second-order valence-electron chi connectivity index (χ2n) is 9.91. The highest BCUT2D eigenvalue weighted by molar-refractivity contribution is 7.90. The van der Waals surface area contributed by atoms with Crippen molar-refractivity contribution >= 4 is 48.4 Å². The molecule has 15 heteroatoms. The number of nitrogens with two attached hydrogens (primary N) is 1. The van der Waals surface area contributed by atoms with Gasteiger partial charge in [-0.05, 0) is 49.8 Å². The molecule has 1 aliphatic rings. The van der Waals surface area contributed by atoms with Gasteiger partial charge in [0.2, 0.25) is 0 Å². The SMILES string of the molecule is CCN1\C(=C/C=C/C=C/c2n(CCCS(=O)(=O)[O-])c3cc(C(F)(F)F)ccc3[n+]2C)N(C#CN)c2cc(S(C)(=O)=O)ccc21. The first-order valence-corrected chi connectivity index (χ1v) is 16.7. The number of hydrogen-bond donors (Lipinski definition) is 1. The van der Waals surface area contributed by atoms with Gasteiger partial charge in [-0.1, -0.05) is 18.2 Å². The number of allylic oxidation sites excluding steroid dienone is 4. The van der Waals surface area contributed by atoms with Crippen LogP contribution < -0.4 is 20.1 Å². The van der Waals surface area contributed by atoms with E-state index in [9.17, 15) is 34.6 Å². The zero-order valence-electron chi connectivity index (χ0n) is 24.0. The van der Waals surface area contributed by atoms with Crippen molar-refractivity contribution in [3.05, 3.63) is 77.9 Å². The first-order chi connectivity index (χ1) is 20.6. The molecule has 0 saturated carbocycles. The molecule has 3 aromatic rings. The Hall–Kier alpha value is -4.26. The Morgan fingerprint density at radius 3 is 2.39 bits per heavy atom. The molecule has 2 N–H and O–H groups in total. The Morgan fingerprint density at radius 2 is 1.77 bits per heavy atom. The van der Waals surface area contributed by atoms with Crippen LogP contribution in [0.15, 0.2) is 71.4 Å². The number of aromatic nitrogens is 2. The van der Waals surface area contributed by atoms with Crippen LogP contribution in [0.1, 0.15) is 24.7 Å². The molecule has 1 aromatic heterocycles. The van der Waals surface area contributed by atoms with Crippen molar-refractivity contribution in [3.63, 3.8) is 0 Å². The molecule has 0 saturated heterocycles. The number of imidazole rings is 1. The van der Waals surface area contributed by atoms with E-state index in [1.165, 1.54) is 18.2 Å². The van der Waals surface area contributed by atoms with Gasteiger partial charge in [-0.25, -0.2) is 26.0 Å². The summed E-state index contributed by atoms with van der Waals surface area (Å²) in [6, 6.07) is 13.2. The second kappa shape index (κ2) is 12.4. The van der Waals surface area contributed by atoms with Gasteiger partial charge in [-0.2, -0.15) is 13.2 Å². The van der Waals surface area contributed by atoms with Crippen LogP contribution in [0.3, 0.4) is 0 Å². The van der Waals surface area contributed by atoms with Gasteiger partial charge < -0.3 is 15.2 Å². The van der Waals surface area contributed by atoms with Crippen LogP contribution in [0.4, 0.5) is 24.5 Å². The van der Waals surface area contributed by atoms with Crippen molar-refractivity contribution in [1.82, 2.24) is 4.57 Å². The van der Waals surface area contributed by atoms with Gasteiger partial charge in [0.05, 0.1) is 45.5 Å². The van der Waals surface area contributed by atoms with Crippen molar-refractivity contribution < 1.29 is 39.1 Å². The predicted octanol–water partition coefficient (Wildman–Crippen LogP) is 3.46. The van der Waals surface area contributed by atoms with Crippen LogP contribution >= 0.6 is 0 Å². The quantitative estimate of drug-likeness (QED) is 0.123. The topological polar surface area (TPSA) is 133 Å².